The summed E-state index contributed by atoms with van der Waals surface area (Å²) in [5.74, 6) is 2.67. The van der Waals surface area contributed by atoms with Gasteiger partial charge in [-0.1, -0.05) is 0 Å². The zero-order valence-electron chi connectivity index (χ0n) is 14.9. The van der Waals surface area contributed by atoms with Crippen molar-refractivity contribution in [2.45, 2.75) is 12.8 Å². The van der Waals surface area contributed by atoms with Gasteiger partial charge in [0, 0.05) is 12.8 Å². The van der Waals surface area contributed by atoms with E-state index in [1.165, 1.54) is 0 Å². The molecule has 3 aromatic rings. The van der Waals surface area contributed by atoms with Gasteiger partial charge in [-0.25, -0.2) is 0 Å². The Morgan fingerprint density at radius 2 is 0.857 bits per heavy atom. The molecule has 0 spiro atoms. The Kier molecular flexibility index (Phi) is 5.79. The summed E-state index contributed by atoms with van der Waals surface area (Å²) < 4.78 is 11.3. The molecule has 0 radical (unpaired) electrons. The lowest BCUT2D eigenvalue weighted by molar-refractivity contribution is 0.310. The van der Waals surface area contributed by atoms with Crippen LogP contribution >= 0.6 is 0 Å². The number of nitrogen functional groups attached to an aromatic ring is 4. The third-order valence-electron chi connectivity index (χ3n) is 3.45. The molecule has 0 atom stereocenters. The molecule has 0 unspecified atom stereocenters. The molecule has 0 saturated carbocycles. The molecule has 0 amide bonds. The van der Waals surface area contributed by atoms with Gasteiger partial charge in [-0.3, -0.25) is 0 Å². The molecule has 0 fully saturated rings. The largest absolute Gasteiger partial charge is 0.493 e. The van der Waals surface area contributed by atoms with E-state index in [0.29, 0.717) is 49.2 Å². The predicted octanol–water partition coefficient (Wildman–Crippen LogP) is -0.372. The molecule has 8 N–H and O–H groups in total. The van der Waals surface area contributed by atoms with Gasteiger partial charge in [-0.2, -0.15) is 29.9 Å². The van der Waals surface area contributed by atoms with E-state index in [9.17, 15) is 0 Å². The Bertz CT molecular complexity index is 818. The molecule has 0 bridgehead atoms. The van der Waals surface area contributed by atoms with Gasteiger partial charge in [0.05, 0.1) is 13.2 Å². The first-order valence-corrected chi connectivity index (χ1v) is 8.35. The highest BCUT2D eigenvalue weighted by Gasteiger charge is 2.04. The second-order valence-corrected chi connectivity index (χ2v) is 5.60. The van der Waals surface area contributed by atoms with E-state index in [-0.39, 0.29) is 23.8 Å². The van der Waals surface area contributed by atoms with E-state index in [2.05, 4.69) is 29.9 Å². The average Bonchev–Trinajstić information content (AvgIpc) is 2.61. The standard InChI is InChI=1S/C16H20N10O2/c17-13-21-11(22-14(18)25-13)5-7-27-9-1-2-10(4-3-9)28-8-6-12-23-15(19)26-16(20)24-12/h1-4H,5-8H2,(H4,17,18,21,22,25)(H4,19,20,23,24,26). The van der Waals surface area contributed by atoms with E-state index in [4.69, 9.17) is 32.4 Å². The van der Waals surface area contributed by atoms with Gasteiger partial charge in [0.25, 0.3) is 0 Å². The Balaban J connectivity index is 1.44. The summed E-state index contributed by atoms with van der Waals surface area (Å²) in [4.78, 5) is 23.4. The fourth-order valence-electron chi connectivity index (χ4n) is 2.29. The van der Waals surface area contributed by atoms with Crippen molar-refractivity contribution in [3.05, 3.63) is 35.9 Å². The van der Waals surface area contributed by atoms with Crippen LogP contribution in [0.15, 0.2) is 24.3 Å². The second-order valence-electron chi connectivity index (χ2n) is 5.60. The van der Waals surface area contributed by atoms with Gasteiger partial charge >= 0.3 is 0 Å². The molecule has 2 aromatic heterocycles. The summed E-state index contributed by atoms with van der Waals surface area (Å²) in [5.41, 5.74) is 22.1. The van der Waals surface area contributed by atoms with Crippen LogP contribution in [-0.2, 0) is 12.8 Å². The molecule has 28 heavy (non-hydrogen) atoms. The number of rotatable bonds is 8. The Labute approximate surface area is 160 Å². The van der Waals surface area contributed by atoms with Crippen molar-refractivity contribution in [2.24, 2.45) is 0 Å². The lowest BCUT2D eigenvalue weighted by atomic mass is 10.3. The number of aromatic nitrogens is 6. The van der Waals surface area contributed by atoms with Crippen LogP contribution in [0, 0.1) is 0 Å². The van der Waals surface area contributed by atoms with Gasteiger partial charge in [0.2, 0.25) is 23.8 Å². The first-order chi connectivity index (χ1) is 13.5. The normalized spacial score (nSPS) is 10.6. The Hall–Kier alpha value is -3.96. The minimum absolute atomic E-state index is 0.0894. The van der Waals surface area contributed by atoms with Crippen molar-refractivity contribution in [1.82, 2.24) is 29.9 Å². The van der Waals surface area contributed by atoms with Gasteiger partial charge in [-0.15, -0.1) is 0 Å². The monoisotopic (exact) mass is 384 g/mol. The Morgan fingerprint density at radius 3 is 1.18 bits per heavy atom. The van der Waals surface area contributed by atoms with Crippen LogP contribution < -0.4 is 32.4 Å². The summed E-state index contributed by atoms with van der Waals surface area (Å²) >= 11 is 0. The molecule has 0 aliphatic rings. The molecule has 12 heteroatoms. The van der Waals surface area contributed by atoms with Crippen LogP contribution in [-0.4, -0.2) is 43.1 Å². The maximum absolute atomic E-state index is 5.65. The summed E-state index contributed by atoms with van der Waals surface area (Å²) in [6.45, 7) is 0.733. The van der Waals surface area contributed by atoms with Crippen molar-refractivity contribution in [2.75, 3.05) is 36.1 Å². The topological polar surface area (TPSA) is 200 Å². The average molecular weight is 384 g/mol. The highest BCUT2D eigenvalue weighted by atomic mass is 16.5. The molecule has 146 valence electrons. The smallest absolute Gasteiger partial charge is 0.225 e. The highest BCUT2D eigenvalue weighted by molar-refractivity contribution is 5.31. The van der Waals surface area contributed by atoms with Crippen LogP contribution in [0.2, 0.25) is 0 Å². The van der Waals surface area contributed by atoms with Gasteiger partial charge in [0.1, 0.15) is 23.1 Å². The third kappa shape index (κ3) is 5.52. The second kappa shape index (κ2) is 8.62. The third-order valence-corrected chi connectivity index (χ3v) is 3.45. The lowest BCUT2D eigenvalue weighted by Crippen LogP contribution is -2.10. The summed E-state index contributed by atoms with van der Waals surface area (Å²) in [7, 11) is 0. The number of anilines is 4. The predicted molar refractivity (Wildman–Crippen MR) is 102 cm³/mol. The van der Waals surface area contributed by atoms with Gasteiger partial charge in [-0.05, 0) is 24.3 Å². The summed E-state index contributed by atoms with van der Waals surface area (Å²) in [6.07, 6.45) is 0.904. The quantitative estimate of drug-likeness (QED) is 0.393. The van der Waals surface area contributed by atoms with Crippen molar-refractivity contribution in [3.8, 4) is 11.5 Å². The minimum atomic E-state index is 0.0894. The first kappa shape index (κ1) is 18.8. The number of ether oxygens (including phenoxy) is 2. The first-order valence-electron chi connectivity index (χ1n) is 8.35. The van der Waals surface area contributed by atoms with Gasteiger partial charge < -0.3 is 32.4 Å². The molecule has 1 aromatic carbocycles. The molecule has 0 saturated heterocycles. The van der Waals surface area contributed by atoms with Crippen LogP contribution in [0.25, 0.3) is 0 Å². The summed E-state index contributed by atoms with van der Waals surface area (Å²) in [6, 6.07) is 7.18. The lowest BCUT2D eigenvalue weighted by Gasteiger charge is -2.09. The van der Waals surface area contributed by atoms with Crippen LogP contribution in [0.4, 0.5) is 23.8 Å². The molecular weight excluding hydrogens is 364 g/mol. The fraction of sp³-hybridized carbons (Fsp3) is 0.250. The zero-order valence-corrected chi connectivity index (χ0v) is 14.9. The molecule has 3 rings (SSSR count). The van der Waals surface area contributed by atoms with E-state index in [1.807, 2.05) is 0 Å². The number of nitrogens with zero attached hydrogens (tertiary/aromatic N) is 6. The van der Waals surface area contributed by atoms with Crippen molar-refractivity contribution >= 4 is 23.8 Å². The van der Waals surface area contributed by atoms with E-state index < -0.39 is 0 Å². The SMILES string of the molecule is Nc1nc(N)nc(CCOc2ccc(OCCc3nc(N)nc(N)n3)cc2)n1. The van der Waals surface area contributed by atoms with E-state index >= 15 is 0 Å². The minimum Gasteiger partial charge on any atom is -0.493 e. The van der Waals surface area contributed by atoms with Crippen LogP contribution in [0.3, 0.4) is 0 Å². The zero-order chi connectivity index (χ0) is 19.9. The van der Waals surface area contributed by atoms with E-state index in [1.54, 1.807) is 24.3 Å². The molecule has 2 heterocycles. The molecule has 12 nitrogen and oxygen atoms in total. The van der Waals surface area contributed by atoms with Crippen molar-refractivity contribution < 1.29 is 9.47 Å². The van der Waals surface area contributed by atoms with Crippen LogP contribution in [0.5, 0.6) is 11.5 Å². The molecular formula is C16H20N10O2. The van der Waals surface area contributed by atoms with Gasteiger partial charge in [0.15, 0.2) is 0 Å². The summed E-state index contributed by atoms with van der Waals surface area (Å²) in [5, 5.41) is 0. The highest BCUT2D eigenvalue weighted by Crippen LogP contribution is 2.18. The van der Waals surface area contributed by atoms with E-state index in [0.717, 1.165) is 0 Å². The number of hydrogen-bond donors (Lipinski definition) is 4. The van der Waals surface area contributed by atoms with Crippen LogP contribution in [0.1, 0.15) is 11.6 Å². The number of benzene rings is 1. The van der Waals surface area contributed by atoms with Crippen molar-refractivity contribution in [1.29, 1.82) is 0 Å². The fourth-order valence-corrected chi connectivity index (χ4v) is 2.29. The Morgan fingerprint density at radius 1 is 0.536 bits per heavy atom. The molecule has 0 aliphatic carbocycles. The van der Waals surface area contributed by atoms with Crippen molar-refractivity contribution in [3.63, 3.8) is 0 Å². The number of hydrogen-bond acceptors (Lipinski definition) is 12. The number of nitrogens with two attached hydrogens (primary N) is 4. The maximum Gasteiger partial charge on any atom is 0.225 e. The maximum atomic E-state index is 5.65. The molecule has 0 aliphatic heterocycles.